The lowest BCUT2D eigenvalue weighted by molar-refractivity contribution is 0.287. The normalized spacial score (nSPS) is 10.5. The molecule has 2 aromatic rings. The molecule has 1 heterocycles. The third-order valence-electron chi connectivity index (χ3n) is 2.60. The predicted molar refractivity (Wildman–Crippen MR) is 82.1 cm³/mol. The fourth-order valence-electron chi connectivity index (χ4n) is 1.72. The second kappa shape index (κ2) is 6.93. The molecule has 1 N–H and O–H groups in total. The first kappa shape index (κ1) is 14.4. The second-order valence-electron chi connectivity index (χ2n) is 4.04. The van der Waals surface area contributed by atoms with E-state index in [1.807, 2.05) is 30.6 Å². The van der Waals surface area contributed by atoms with Gasteiger partial charge in [0.25, 0.3) is 0 Å². The molecule has 19 heavy (non-hydrogen) atoms. The predicted octanol–water partition coefficient (Wildman–Crippen LogP) is 3.82. The van der Waals surface area contributed by atoms with Crippen molar-refractivity contribution in [3.8, 4) is 11.5 Å². The van der Waals surface area contributed by atoms with Gasteiger partial charge in [0.15, 0.2) is 11.5 Å². The summed E-state index contributed by atoms with van der Waals surface area (Å²) >= 11 is 5.11. The lowest BCUT2D eigenvalue weighted by Crippen LogP contribution is -2.05. The van der Waals surface area contributed by atoms with Gasteiger partial charge in [0.05, 0.1) is 7.11 Å². The van der Waals surface area contributed by atoms with E-state index in [1.54, 1.807) is 18.4 Å². The van der Waals surface area contributed by atoms with E-state index in [-0.39, 0.29) is 0 Å². The van der Waals surface area contributed by atoms with E-state index in [2.05, 4.69) is 27.3 Å². The Labute approximate surface area is 125 Å². The molecule has 0 amide bonds. The number of nitrogens with one attached hydrogen (secondary N) is 1. The van der Waals surface area contributed by atoms with Crippen LogP contribution in [0.4, 0.5) is 0 Å². The van der Waals surface area contributed by atoms with Gasteiger partial charge in [-0.3, -0.25) is 0 Å². The first-order valence-corrected chi connectivity index (χ1v) is 7.57. The van der Waals surface area contributed by atoms with Crippen molar-refractivity contribution in [2.24, 2.45) is 0 Å². The molecule has 0 saturated heterocycles. The van der Waals surface area contributed by atoms with Crippen LogP contribution in [-0.2, 0) is 13.2 Å². The molecule has 3 nitrogen and oxygen atoms in total. The smallest absolute Gasteiger partial charge is 0.161 e. The number of halogens is 1. The van der Waals surface area contributed by atoms with Crippen molar-refractivity contribution in [2.45, 2.75) is 13.2 Å². The maximum absolute atomic E-state index is 5.80. The molecule has 1 aromatic carbocycles. The molecule has 5 heteroatoms. The van der Waals surface area contributed by atoms with Crippen LogP contribution in [0.15, 0.2) is 34.1 Å². The molecule has 0 aliphatic rings. The quantitative estimate of drug-likeness (QED) is 0.866. The topological polar surface area (TPSA) is 30.5 Å². The highest BCUT2D eigenvalue weighted by Crippen LogP contribution is 2.30. The average molecular weight is 342 g/mol. The highest BCUT2D eigenvalue weighted by atomic mass is 79.9. The summed E-state index contributed by atoms with van der Waals surface area (Å²) in [4.78, 5) is 1.17. The maximum atomic E-state index is 5.80. The van der Waals surface area contributed by atoms with Crippen LogP contribution in [0.3, 0.4) is 0 Å². The summed E-state index contributed by atoms with van der Waals surface area (Å²) in [6, 6.07) is 8.05. The van der Waals surface area contributed by atoms with Crippen molar-refractivity contribution in [2.75, 3.05) is 14.2 Å². The van der Waals surface area contributed by atoms with Crippen molar-refractivity contribution >= 4 is 27.3 Å². The van der Waals surface area contributed by atoms with Gasteiger partial charge >= 0.3 is 0 Å². The Morgan fingerprint density at radius 1 is 1.26 bits per heavy atom. The van der Waals surface area contributed by atoms with Crippen molar-refractivity contribution in [3.63, 3.8) is 0 Å². The third-order valence-corrected chi connectivity index (χ3v) is 4.27. The molecule has 0 unspecified atom stereocenters. The molecule has 0 fully saturated rings. The van der Waals surface area contributed by atoms with Gasteiger partial charge in [-0.15, -0.1) is 11.3 Å². The molecule has 1 aromatic heterocycles. The van der Waals surface area contributed by atoms with E-state index in [0.717, 1.165) is 22.5 Å². The summed E-state index contributed by atoms with van der Waals surface area (Å²) in [5, 5.41) is 5.16. The molecule has 0 aliphatic carbocycles. The van der Waals surface area contributed by atoms with Gasteiger partial charge in [-0.2, -0.15) is 0 Å². The third kappa shape index (κ3) is 3.96. The van der Waals surface area contributed by atoms with Crippen LogP contribution < -0.4 is 14.8 Å². The monoisotopic (exact) mass is 341 g/mol. The SMILES string of the molecule is CNCc1ccc(OCc2cc(Br)cs2)c(OC)c1. The zero-order valence-electron chi connectivity index (χ0n) is 10.9. The second-order valence-corrected chi connectivity index (χ2v) is 5.95. The Morgan fingerprint density at radius 3 is 2.74 bits per heavy atom. The minimum atomic E-state index is 0.554. The largest absolute Gasteiger partial charge is 0.493 e. The molecular weight excluding hydrogens is 326 g/mol. The molecule has 0 aliphatic heterocycles. The molecule has 0 bridgehead atoms. The van der Waals surface area contributed by atoms with E-state index in [9.17, 15) is 0 Å². The highest BCUT2D eigenvalue weighted by Gasteiger charge is 2.06. The summed E-state index contributed by atoms with van der Waals surface area (Å²) < 4.78 is 12.3. The van der Waals surface area contributed by atoms with Gasteiger partial charge in [0.2, 0.25) is 0 Å². The van der Waals surface area contributed by atoms with Crippen LogP contribution in [0.5, 0.6) is 11.5 Å². The Balaban J connectivity index is 2.06. The Morgan fingerprint density at radius 2 is 2.11 bits per heavy atom. The summed E-state index contributed by atoms with van der Waals surface area (Å²) in [5.41, 5.74) is 1.17. The number of ether oxygens (including phenoxy) is 2. The first-order chi connectivity index (χ1) is 9.22. The summed E-state index contributed by atoms with van der Waals surface area (Å²) in [5.74, 6) is 1.54. The number of rotatable bonds is 6. The fraction of sp³-hybridized carbons (Fsp3) is 0.286. The summed E-state index contributed by atoms with van der Waals surface area (Å²) in [7, 11) is 3.58. The Bertz CT molecular complexity index is 542. The average Bonchev–Trinajstić information content (AvgIpc) is 2.83. The van der Waals surface area contributed by atoms with Gasteiger partial charge < -0.3 is 14.8 Å². The zero-order chi connectivity index (χ0) is 13.7. The van der Waals surface area contributed by atoms with Gasteiger partial charge in [0, 0.05) is 21.3 Å². The number of hydrogen-bond acceptors (Lipinski definition) is 4. The van der Waals surface area contributed by atoms with E-state index >= 15 is 0 Å². The maximum Gasteiger partial charge on any atom is 0.161 e. The van der Waals surface area contributed by atoms with Gasteiger partial charge in [-0.05, 0) is 46.7 Å². The lowest BCUT2D eigenvalue weighted by Gasteiger charge is -2.11. The molecule has 2 rings (SSSR count). The zero-order valence-corrected chi connectivity index (χ0v) is 13.3. The lowest BCUT2D eigenvalue weighted by atomic mass is 10.2. The van der Waals surface area contributed by atoms with Crippen molar-refractivity contribution in [1.29, 1.82) is 0 Å². The van der Waals surface area contributed by atoms with Gasteiger partial charge in [-0.25, -0.2) is 0 Å². The number of benzene rings is 1. The van der Waals surface area contributed by atoms with Gasteiger partial charge in [-0.1, -0.05) is 6.07 Å². The minimum absolute atomic E-state index is 0.554. The minimum Gasteiger partial charge on any atom is -0.493 e. The number of thiophene rings is 1. The summed E-state index contributed by atoms with van der Waals surface area (Å²) in [6.45, 7) is 1.37. The van der Waals surface area contributed by atoms with Crippen molar-refractivity contribution in [1.82, 2.24) is 5.32 Å². The molecule has 102 valence electrons. The fourth-order valence-corrected chi connectivity index (χ4v) is 3.09. The van der Waals surface area contributed by atoms with Gasteiger partial charge in [0.1, 0.15) is 6.61 Å². The van der Waals surface area contributed by atoms with Crippen LogP contribution >= 0.6 is 27.3 Å². The van der Waals surface area contributed by atoms with E-state index in [1.165, 1.54) is 10.4 Å². The highest BCUT2D eigenvalue weighted by molar-refractivity contribution is 9.10. The molecular formula is C14H16BrNO2S. The van der Waals surface area contributed by atoms with Crippen molar-refractivity contribution in [3.05, 3.63) is 44.6 Å². The van der Waals surface area contributed by atoms with Crippen LogP contribution in [0.1, 0.15) is 10.4 Å². The number of hydrogen-bond donors (Lipinski definition) is 1. The van der Waals surface area contributed by atoms with Crippen LogP contribution in [-0.4, -0.2) is 14.2 Å². The first-order valence-electron chi connectivity index (χ1n) is 5.90. The Kier molecular flexibility index (Phi) is 5.24. The summed E-state index contributed by atoms with van der Waals surface area (Å²) in [6.07, 6.45) is 0. The standard InChI is InChI=1S/C14H16BrNO2S/c1-16-7-10-3-4-13(14(5-10)17-2)18-8-12-6-11(15)9-19-12/h3-6,9,16H,7-8H2,1-2H3. The van der Waals surface area contributed by atoms with Crippen molar-refractivity contribution < 1.29 is 9.47 Å². The number of methoxy groups -OCH3 is 1. The molecule has 0 atom stereocenters. The molecule has 0 saturated carbocycles. The van der Waals surface area contributed by atoms with Crippen LogP contribution in [0.25, 0.3) is 0 Å². The van der Waals surface area contributed by atoms with E-state index in [4.69, 9.17) is 9.47 Å². The Hall–Kier alpha value is -1.04. The van der Waals surface area contributed by atoms with E-state index < -0.39 is 0 Å². The molecule has 0 spiro atoms. The van der Waals surface area contributed by atoms with Crippen LogP contribution in [0.2, 0.25) is 0 Å². The molecule has 0 radical (unpaired) electrons. The van der Waals surface area contributed by atoms with Crippen LogP contribution in [0, 0.1) is 0 Å². The van der Waals surface area contributed by atoms with E-state index in [0.29, 0.717) is 6.61 Å².